The minimum Gasteiger partial charge on any atom is -0.317 e. The van der Waals surface area contributed by atoms with Gasteiger partial charge < -0.3 is 4.57 Å². The molecule has 4 nitrogen and oxygen atoms in total. The molecule has 0 spiro atoms. The Balaban J connectivity index is 2.26. The second-order valence-electron chi connectivity index (χ2n) is 7.63. The van der Waals surface area contributed by atoms with Crippen LogP contribution in [0.3, 0.4) is 0 Å². The van der Waals surface area contributed by atoms with Crippen molar-refractivity contribution in [2.45, 2.75) is 44.0 Å². The molecular weight excluding hydrogens is 457 g/mol. The molecule has 0 fully saturated rings. The number of thiophene rings is 1. The molecular formula is C23H21F3N2O2S2. The topological polar surface area (TPSA) is 62.9 Å². The summed E-state index contributed by atoms with van der Waals surface area (Å²) in [5.41, 5.74) is 1.06. The molecule has 0 N–H and O–H groups in total. The van der Waals surface area contributed by atoms with Gasteiger partial charge in [-0.05, 0) is 66.6 Å². The molecule has 1 aromatic carbocycles. The Labute approximate surface area is 189 Å². The monoisotopic (exact) mass is 478 g/mol. The molecule has 0 bridgehead atoms. The molecule has 3 rings (SSSR count). The van der Waals surface area contributed by atoms with Crippen molar-refractivity contribution in [3.63, 3.8) is 0 Å². The molecule has 0 radical (unpaired) electrons. The van der Waals surface area contributed by atoms with Crippen LogP contribution in [0.5, 0.6) is 0 Å². The van der Waals surface area contributed by atoms with Gasteiger partial charge in [0.15, 0.2) is 4.91 Å². The summed E-state index contributed by atoms with van der Waals surface area (Å²) < 4.78 is 68.6. The van der Waals surface area contributed by atoms with Gasteiger partial charge in [0, 0.05) is 11.4 Å². The van der Waals surface area contributed by atoms with E-state index < -0.39 is 26.5 Å². The van der Waals surface area contributed by atoms with Gasteiger partial charge in [-0.1, -0.05) is 26.0 Å². The van der Waals surface area contributed by atoms with Crippen molar-refractivity contribution < 1.29 is 21.6 Å². The molecule has 0 saturated carbocycles. The first-order valence-corrected chi connectivity index (χ1v) is 12.1. The smallest absolute Gasteiger partial charge is 0.317 e. The van der Waals surface area contributed by atoms with E-state index in [0.717, 1.165) is 17.4 Å². The lowest BCUT2D eigenvalue weighted by Crippen LogP contribution is -2.13. The number of alkyl halides is 3. The number of allylic oxidation sites excluding steroid dienone is 1. The molecule has 2 heterocycles. The van der Waals surface area contributed by atoms with Crippen LogP contribution in [0.25, 0.3) is 11.8 Å². The lowest BCUT2D eigenvalue weighted by molar-refractivity contribution is -0.137. The van der Waals surface area contributed by atoms with E-state index in [1.54, 1.807) is 37.4 Å². The van der Waals surface area contributed by atoms with Crippen molar-refractivity contribution in [3.8, 4) is 11.8 Å². The summed E-state index contributed by atoms with van der Waals surface area (Å²) in [4.78, 5) is -0.456. The van der Waals surface area contributed by atoms with E-state index in [4.69, 9.17) is 0 Å². The lowest BCUT2D eigenvalue weighted by atomic mass is 10.1. The molecule has 0 aliphatic heterocycles. The number of rotatable bonds is 5. The Morgan fingerprint density at radius 2 is 1.84 bits per heavy atom. The first-order valence-electron chi connectivity index (χ1n) is 9.69. The Kier molecular flexibility index (Phi) is 6.40. The summed E-state index contributed by atoms with van der Waals surface area (Å²) in [6, 6.07) is 10.3. The summed E-state index contributed by atoms with van der Waals surface area (Å²) in [5, 5.41) is 11.2. The average Bonchev–Trinajstić information content (AvgIpc) is 3.29. The van der Waals surface area contributed by atoms with Gasteiger partial charge in [-0.25, -0.2) is 8.42 Å². The molecule has 0 aliphatic rings. The van der Waals surface area contributed by atoms with E-state index in [0.29, 0.717) is 22.5 Å². The van der Waals surface area contributed by atoms with Crippen LogP contribution in [0.15, 0.2) is 50.9 Å². The van der Waals surface area contributed by atoms with Crippen molar-refractivity contribution in [1.82, 2.24) is 4.57 Å². The van der Waals surface area contributed by atoms with Gasteiger partial charge in [0.05, 0.1) is 11.3 Å². The van der Waals surface area contributed by atoms with Gasteiger partial charge in [0.1, 0.15) is 10.3 Å². The SMILES string of the molecule is Cc1ccsc1S(=O)(=O)/C(C#N)=C/c1cc(C(C)C)n(-c2ccccc2C(F)(F)F)c1C. The second kappa shape index (κ2) is 8.60. The Morgan fingerprint density at radius 3 is 2.38 bits per heavy atom. The molecule has 168 valence electrons. The largest absolute Gasteiger partial charge is 0.418 e. The van der Waals surface area contributed by atoms with Crippen LogP contribution in [-0.4, -0.2) is 13.0 Å². The van der Waals surface area contributed by atoms with Crippen LogP contribution < -0.4 is 0 Å². The number of aryl methyl sites for hydroxylation is 1. The fraction of sp³-hybridized carbons (Fsp3) is 0.261. The number of aromatic nitrogens is 1. The van der Waals surface area contributed by atoms with E-state index in [1.807, 2.05) is 13.8 Å². The minimum absolute atomic E-state index is 0.0451. The third kappa shape index (κ3) is 4.25. The highest BCUT2D eigenvalue weighted by Gasteiger charge is 2.35. The summed E-state index contributed by atoms with van der Waals surface area (Å²) in [6.07, 6.45) is -3.32. The highest BCUT2D eigenvalue weighted by Crippen LogP contribution is 2.37. The molecule has 0 saturated heterocycles. The van der Waals surface area contributed by atoms with Crippen molar-refractivity contribution >= 4 is 27.3 Å². The molecule has 0 amide bonds. The van der Waals surface area contributed by atoms with Gasteiger partial charge in [-0.2, -0.15) is 18.4 Å². The predicted molar refractivity (Wildman–Crippen MR) is 119 cm³/mol. The Morgan fingerprint density at radius 1 is 1.19 bits per heavy atom. The normalized spacial score (nSPS) is 12.9. The highest BCUT2D eigenvalue weighted by molar-refractivity contribution is 7.97. The first-order chi connectivity index (χ1) is 14.9. The number of hydrogen-bond acceptors (Lipinski definition) is 4. The van der Waals surface area contributed by atoms with Gasteiger partial charge >= 0.3 is 6.18 Å². The quantitative estimate of drug-likeness (QED) is 0.386. The maximum Gasteiger partial charge on any atom is 0.418 e. The average molecular weight is 479 g/mol. The van der Waals surface area contributed by atoms with Crippen LogP contribution in [0.1, 0.15) is 47.8 Å². The zero-order valence-electron chi connectivity index (χ0n) is 17.9. The number of nitrogens with zero attached hydrogens (tertiary/aromatic N) is 2. The molecule has 9 heteroatoms. The Hall–Kier alpha value is -2.83. The van der Waals surface area contributed by atoms with Crippen molar-refractivity contribution in [3.05, 3.63) is 74.8 Å². The number of sulfone groups is 1. The third-order valence-corrected chi connectivity index (χ3v) is 8.46. The fourth-order valence-electron chi connectivity index (χ4n) is 3.50. The number of hydrogen-bond donors (Lipinski definition) is 0. The van der Waals surface area contributed by atoms with Crippen LogP contribution in [0.2, 0.25) is 0 Å². The van der Waals surface area contributed by atoms with Crippen molar-refractivity contribution in [2.24, 2.45) is 0 Å². The van der Waals surface area contributed by atoms with Gasteiger partial charge in [-0.3, -0.25) is 0 Å². The second-order valence-corrected chi connectivity index (χ2v) is 10.7. The van der Waals surface area contributed by atoms with E-state index in [-0.39, 0.29) is 15.8 Å². The zero-order valence-corrected chi connectivity index (χ0v) is 19.5. The van der Waals surface area contributed by atoms with Crippen LogP contribution >= 0.6 is 11.3 Å². The number of benzene rings is 1. The fourth-order valence-corrected chi connectivity index (χ4v) is 6.18. The van der Waals surface area contributed by atoms with Crippen molar-refractivity contribution in [2.75, 3.05) is 0 Å². The summed E-state index contributed by atoms with van der Waals surface area (Å²) in [5.74, 6) is -0.154. The molecule has 0 unspecified atom stereocenters. The standard InChI is InChI=1S/C23H21F3N2O2S2/c1-14(2)21-12-17(11-18(13-27)32(29,30)22-15(3)9-10-31-22)16(4)28(21)20-8-6-5-7-19(20)23(24,25)26/h5-12,14H,1-4H3/b18-11+. The summed E-state index contributed by atoms with van der Waals surface area (Å²) in [7, 11) is -4.04. The van der Waals surface area contributed by atoms with Gasteiger partial charge in [-0.15, -0.1) is 11.3 Å². The van der Waals surface area contributed by atoms with Gasteiger partial charge in [0.25, 0.3) is 0 Å². The summed E-state index contributed by atoms with van der Waals surface area (Å²) >= 11 is 1.02. The van der Waals surface area contributed by atoms with Gasteiger partial charge in [0.2, 0.25) is 9.84 Å². The molecule has 2 aromatic heterocycles. The predicted octanol–water partition coefficient (Wildman–Crippen LogP) is 6.64. The molecule has 0 aliphatic carbocycles. The summed E-state index contributed by atoms with van der Waals surface area (Å²) in [6.45, 7) is 6.94. The Bertz CT molecular complexity index is 1340. The number of nitriles is 1. The molecule has 3 aromatic rings. The number of para-hydroxylation sites is 1. The van der Waals surface area contributed by atoms with Crippen molar-refractivity contribution in [1.29, 1.82) is 5.26 Å². The van der Waals surface area contributed by atoms with Crippen LogP contribution in [0, 0.1) is 25.2 Å². The first kappa shape index (κ1) is 23.8. The van der Waals surface area contributed by atoms with E-state index in [9.17, 15) is 26.9 Å². The maximum absolute atomic E-state index is 13.7. The minimum atomic E-state index is -4.56. The van der Waals surface area contributed by atoms with E-state index in [2.05, 4.69) is 0 Å². The number of halogens is 3. The lowest BCUT2D eigenvalue weighted by Gasteiger charge is -2.19. The van der Waals surface area contributed by atoms with E-state index in [1.165, 1.54) is 28.8 Å². The van der Waals surface area contributed by atoms with E-state index >= 15 is 0 Å². The third-order valence-electron chi connectivity index (χ3n) is 5.10. The zero-order chi connectivity index (χ0) is 23.8. The molecule has 32 heavy (non-hydrogen) atoms. The van der Waals surface area contributed by atoms with Crippen LogP contribution in [-0.2, 0) is 16.0 Å². The molecule has 0 atom stereocenters. The highest BCUT2D eigenvalue weighted by atomic mass is 32.2. The maximum atomic E-state index is 13.7. The van der Waals surface area contributed by atoms with Crippen LogP contribution in [0.4, 0.5) is 13.2 Å².